The maximum atomic E-state index is 5.43. The Morgan fingerprint density at radius 3 is 2.79 bits per heavy atom. The number of hydrogen-bond donors (Lipinski definition) is 0. The van der Waals surface area contributed by atoms with Crippen LogP contribution in [0.25, 0.3) is 22.2 Å². The standard InChI is InChI=1S/C18H16N4OS/c1-12-9-13(2)22(20-12)11-14-5-3-6-15(10-14)18-19-17(21-23-18)16-7-4-8-24-16/h3-10H,11H2,1-2H3. The van der Waals surface area contributed by atoms with Crippen LogP contribution in [-0.4, -0.2) is 19.9 Å². The monoisotopic (exact) mass is 336 g/mol. The lowest BCUT2D eigenvalue weighted by molar-refractivity contribution is 0.432. The van der Waals surface area contributed by atoms with E-state index >= 15 is 0 Å². The second-order valence-electron chi connectivity index (χ2n) is 5.69. The summed E-state index contributed by atoms with van der Waals surface area (Å²) in [6.07, 6.45) is 0. The average Bonchev–Trinajstić information content (AvgIpc) is 3.29. The van der Waals surface area contributed by atoms with Crippen LogP contribution in [0.5, 0.6) is 0 Å². The normalized spacial score (nSPS) is 11.1. The van der Waals surface area contributed by atoms with E-state index in [1.54, 1.807) is 11.3 Å². The molecule has 1 aromatic carbocycles. The molecule has 0 aliphatic rings. The van der Waals surface area contributed by atoms with Gasteiger partial charge >= 0.3 is 0 Å². The Labute approximate surface area is 143 Å². The van der Waals surface area contributed by atoms with Crippen LogP contribution >= 0.6 is 11.3 Å². The zero-order chi connectivity index (χ0) is 16.5. The minimum Gasteiger partial charge on any atom is -0.334 e. The van der Waals surface area contributed by atoms with Crippen molar-refractivity contribution in [3.8, 4) is 22.2 Å². The SMILES string of the molecule is Cc1cc(C)n(Cc2cccc(-c3nc(-c4cccs4)no3)c2)n1. The van der Waals surface area contributed by atoms with Crippen LogP contribution in [0, 0.1) is 13.8 Å². The minimum absolute atomic E-state index is 0.536. The molecule has 0 spiro atoms. The van der Waals surface area contributed by atoms with E-state index < -0.39 is 0 Å². The Balaban J connectivity index is 1.62. The molecular weight excluding hydrogens is 320 g/mol. The molecule has 0 radical (unpaired) electrons. The van der Waals surface area contributed by atoms with Crippen LogP contribution in [0.3, 0.4) is 0 Å². The van der Waals surface area contributed by atoms with E-state index in [2.05, 4.69) is 40.4 Å². The van der Waals surface area contributed by atoms with Gasteiger partial charge in [0.1, 0.15) is 0 Å². The predicted octanol–water partition coefficient (Wildman–Crippen LogP) is 4.33. The molecular formula is C18H16N4OS. The van der Waals surface area contributed by atoms with Gasteiger partial charge in [-0.2, -0.15) is 10.1 Å². The lowest BCUT2D eigenvalue weighted by atomic mass is 10.1. The highest BCUT2D eigenvalue weighted by Gasteiger charge is 2.12. The molecule has 120 valence electrons. The summed E-state index contributed by atoms with van der Waals surface area (Å²) in [5.41, 5.74) is 4.25. The van der Waals surface area contributed by atoms with Crippen LogP contribution < -0.4 is 0 Å². The predicted molar refractivity (Wildman–Crippen MR) is 93.9 cm³/mol. The quantitative estimate of drug-likeness (QED) is 0.557. The molecule has 0 saturated heterocycles. The van der Waals surface area contributed by atoms with Crippen LogP contribution in [0.2, 0.25) is 0 Å². The number of aromatic nitrogens is 4. The van der Waals surface area contributed by atoms with Crippen molar-refractivity contribution < 1.29 is 4.52 Å². The van der Waals surface area contributed by atoms with Crippen LogP contribution in [0.15, 0.2) is 52.4 Å². The first kappa shape index (κ1) is 14.8. The van der Waals surface area contributed by atoms with Gasteiger partial charge < -0.3 is 4.52 Å². The highest BCUT2D eigenvalue weighted by molar-refractivity contribution is 7.13. The van der Waals surface area contributed by atoms with Crippen molar-refractivity contribution in [2.75, 3.05) is 0 Å². The lowest BCUT2D eigenvalue weighted by Crippen LogP contribution is -2.03. The fourth-order valence-corrected chi connectivity index (χ4v) is 3.31. The largest absolute Gasteiger partial charge is 0.334 e. The van der Waals surface area contributed by atoms with E-state index in [0.29, 0.717) is 11.7 Å². The first-order valence-corrected chi connectivity index (χ1v) is 8.55. The number of thiophene rings is 1. The highest BCUT2D eigenvalue weighted by Crippen LogP contribution is 2.25. The van der Waals surface area contributed by atoms with E-state index in [-0.39, 0.29) is 0 Å². The second kappa shape index (κ2) is 6.05. The summed E-state index contributed by atoms with van der Waals surface area (Å²) in [6, 6.07) is 14.2. The Morgan fingerprint density at radius 1 is 1.12 bits per heavy atom. The van der Waals surface area contributed by atoms with Crippen molar-refractivity contribution in [2.45, 2.75) is 20.4 Å². The topological polar surface area (TPSA) is 56.7 Å². The molecule has 4 aromatic rings. The molecule has 24 heavy (non-hydrogen) atoms. The third-order valence-corrected chi connectivity index (χ3v) is 4.64. The maximum Gasteiger partial charge on any atom is 0.258 e. The zero-order valence-corrected chi connectivity index (χ0v) is 14.2. The van der Waals surface area contributed by atoms with Gasteiger partial charge in [0.15, 0.2) is 0 Å². The molecule has 0 N–H and O–H groups in total. The molecule has 5 nitrogen and oxygen atoms in total. The zero-order valence-electron chi connectivity index (χ0n) is 13.4. The Kier molecular flexibility index (Phi) is 3.74. The Bertz CT molecular complexity index is 969. The van der Waals surface area contributed by atoms with Gasteiger partial charge in [-0.3, -0.25) is 4.68 Å². The van der Waals surface area contributed by atoms with Crippen molar-refractivity contribution in [2.24, 2.45) is 0 Å². The van der Waals surface area contributed by atoms with E-state index in [4.69, 9.17) is 4.52 Å². The molecule has 6 heteroatoms. The molecule has 0 amide bonds. The molecule has 0 bridgehead atoms. The number of hydrogen-bond acceptors (Lipinski definition) is 5. The second-order valence-corrected chi connectivity index (χ2v) is 6.63. The van der Waals surface area contributed by atoms with Crippen molar-refractivity contribution in [1.82, 2.24) is 19.9 Å². The van der Waals surface area contributed by atoms with Crippen molar-refractivity contribution >= 4 is 11.3 Å². The van der Waals surface area contributed by atoms with Gasteiger partial charge in [-0.25, -0.2) is 0 Å². The maximum absolute atomic E-state index is 5.43. The summed E-state index contributed by atoms with van der Waals surface area (Å²) in [4.78, 5) is 5.51. The van der Waals surface area contributed by atoms with Crippen LogP contribution in [0.4, 0.5) is 0 Å². The minimum atomic E-state index is 0.536. The number of rotatable bonds is 4. The van der Waals surface area contributed by atoms with Gasteiger partial charge in [-0.05, 0) is 49.1 Å². The molecule has 0 aliphatic carbocycles. The van der Waals surface area contributed by atoms with E-state index in [1.807, 2.05) is 41.3 Å². The molecule has 0 saturated carbocycles. The van der Waals surface area contributed by atoms with Gasteiger partial charge in [0.05, 0.1) is 17.1 Å². The first-order chi connectivity index (χ1) is 11.7. The Hall–Kier alpha value is -2.73. The summed E-state index contributed by atoms with van der Waals surface area (Å²) in [5, 5.41) is 10.6. The fraction of sp³-hybridized carbons (Fsp3) is 0.167. The van der Waals surface area contributed by atoms with Gasteiger partial charge in [0.2, 0.25) is 5.82 Å². The fourth-order valence-electron chi connectivity index (χ4n) is 2.66. The summed E-state index contributed by atoms with van der Waals surface area (Å²) in [7, 11) is 0. The molecule has 4 rings (SSSR count). The average molecular weight is 336 g/mol. The van der Waals surface area contributed by atoms with Gasteiger partial charge in [0, 0.05) is 11.3 Å². The van der Waals surface area contributed by atoms with Gasteiger partial charge in [-0.15, -0.1) is 11.3 Å². The van der Waals surface area contributed by atoms with Gasteiger partial charge in [0.25, 0.3) is 5.89 Å². The molecule has 0 aliphatic heterocycles. The van der Waals surface area contributed by atoms with Gasteiger partial charge in [-0.1, -0.05) is 23.4 Å². The third kappa shape index (κ3) is 2.88. The molecule has 0 fully saturated rings. The first-order valence-electron chi connectivity index (χ1n) is 7.67. The van der Waals surface area contributed by atoms with Crippen molar-refractivity contribution in [3.63, 3.8) is 0 Å². The van der Waals surface area contributed by atoms with E-state index in [1.165, 1.54) is 0 Å². The van der Waals surface area contributed by atoms with Crippen molar-refractivity contribution in [3.05, 3.63) is 64.8 Å². The number of benzene rings is 1. The smallest absolute Gasteiger partial charge is 0.258 e. The summed E-state index contributed by atoms with van der Waals surface area (Å²) < 4.78 is 7.43. The number of nitrogens with zero attached hydrogens (tertiary/aromatic N) is 4. The molecule has 0 unspecified atom stereocenters. The van der Waals surface area contributed by atoms with E-state index in [0.717, 1.165) is 33.9 Å². The molecule has 0 atom stereocenters. The van der Waals surface area contributed by atoms with E-state index in [9.17, 15) is 0 Å². The summed E-state index contributed by atoms with van der Waals surface area (Å²) in [6.45, 7) is 4.79. The number of aryl methyl sites for hydroxylation is 2. The van der Waals surface area contributed by atoms with Crippen LogP contribution in [-0.2, 0) is 6.54 Å². The van der Waals surface area contributed by atoms with Crippen LogP contribution in [0.1, 0.15) is 17.0 Å². The van der Waals surface area contributed by atoms with Crippen molar-refractivity contribution in [1.29, 1.82) is 0 Å². The Morgan fingerprint density at radius 2 is 2.04 bits per heavy atom. The molecule has 3 aromatic heterocycles. The third-order valence-electron chi connectivity index (χ3n) is 3.78. The lowest BCUT2D eigenvalue weighted by Gasteiger charge is -2.05. The highest BCUT2D eigenvalue weighted by atomic mass is 32.1. The summed E-state index contributed by atoms with van der Waals surface area (Å²) >= 11 is 1.60. The summed E-state index contributed by atoms with van der Waals surface area (Å²) in [5.74, 6) is 1.16. The molecule has 3 heterocycles.